The summed E-state index contributed by atoms with van der Waals surface area (Å²) in [6, 6.07) is 3.31. The minimum atomic E-state index is -4.64. The van der Waals surface area contributed by atoms with Crippen molar-refractivity contribution in [3.05, 3.63) is 58.4 Å². The summed E-state index contributed by atoms with van der Waals surface area (Å²) in [6.07, 6.45) is -1.23. The lowest BCUT2D eigenvalue weighted by atomic mass is 9.94. The number of nitrogens with zero attached hydrogens (tertiary/aromatic N) is 5. The maximum atomic E-state index is 14.0. The number of halogens is 3. The van der Waals surface area contributed by atoms with Gasteiger partial charge < -0.3 is 20.1 Å². The van der Waals surface area contributed by atoms with Gasteiger partial charge in [-0.1, -0.05) is 17.3 Å². The molecule has 2 atom stereocenters. The van der Waals surface area contributed by atoms with E-state index in [0.717, 1.165) is 11.8 Å². The molecule has 3 aromatic rings. The number of pyridine rings is 1. The molecule has 1 aliphatic carbocycles. The molecule has 0 unspecified atom stereocenters. The van der Waals surface area contributed by atoms with Crippen LogP contribution in [0.3, 0.4) is 0 Å². The number of aromatic nitrogens is 4. The molecule has 1 fully saturated rings. The van der Waals surface area contributed by atoms with E-state index in [4.69, 9.17) is 9.51 Å². The summed E-state index contributed by atoms with van der Waals surface area (Å²) in [5, 5.41) is 10.3. The molecule has 0 saturated carbocycles. The van der Waals surface area contributed by atoms with Crippen molar-refractivity contribution in [2.24, 2.45) is 5.92 Å². The third kappa shape index (κ3) is 4.87. The van der Waals surface area contributed by atoms with Crippen LogP contribution in [0.25, 0.3) is 16.8 Å². The lowest BCUT2D eigenvalue weighted by Gasteiger charge is -2.31. The first kappa shape index (κ1) is 25.8. The van der Waals surface area contributed by atoms with Crippen LogP contribution in [-0.4, -0.2) is 64.1 Å². The van der Waals surface area contributed by atoms with Crippen molar-refractivity contribution in [3.63, 3.8) is 0 Å². The standard InChI is InChI=1S/C26H28F3N7O2/c1-13-22(14(2)38-35-13)21-8-5-17-18(6-7-20(17)33-21)23-19(26(27,28)29)12-31-25(34-23)32-16-9-15(10-30-11-16)24(37)36(3)4/h5-6,8,12,15-16,30H,7,9-11H2,1-4H3,(H,31,32,34)/t15-,16+/m1/s1. The summed E-state index contributed by atoms with van der Waals surface area (Å²) in [7, 11) is 3.40. The molecule has 0 radical (unpaired) electrons. The number of carbonyl (C=O) groups is 1. The smallest absolute Gasteiger partial charge is 0.361 e. The third-order valence-electron chi connectivity index (χ3n) is 6.88. The lowest BCUT2D eigenvalue weighted by Crippen LogP contribution is -2.48. The highest BCUT2D eigenvalue weighted by atomic mass is 19.4. The van der Waals surface area contributed by atoms with Crippen LogP contribution >= 0.6 is 0 Å². The second kappa shape index (κ2) is 9.82. The Morgan fingerprint density at radius 2 is 1.97 bits per heavy atom. The van der Waals surface area contributed by atoms with Gasteiger partial charge in [0.1, 0.15) is 11.3 Å². The van der Waals surface area contributed by atoms with Gasteiger partial charge in [0.05, 0.1) is 34.3 Å². The summed E-state index contributed by atoms with van der Waals surface area (Å²) in [5.41, 5.74) is 2.61. The van der Waals surface area contributed by atoms with Gasteiger partial charge in [-0.2, -0.15) is 13.2 Å². The number of fused-ring (bicyclic) bond motifs is 1. The number of allylic oxidation sites excluding steroid dienone is 1. The van der Waals surface area contributed by atoms with Crippen LogP contribution in [0.4, 0.5) is 19.1 Å². The number of alkyl halides is 3. The molecule has 0 bridgehead atoms. The minimum Gasteiger partial charge on any atom is -0.361 e. The largest absolute Gasteiger partial charge is 0.419 e. The number of rotatable bonds is 5. The van der Waals surface area contributed by atoms with Gasteiger partial charge in [-0.15, -0.1) is 0 Å². The monoisotopic (exact) mass is 527 g/mol. The molecule has 2 aliphatic rings. The van der Waals surface area contributed by atoms with E-state index in [1.807, 2.05) is 6.92 Å². The van der Waals surface area contributed by atoms with E-state index in [-0.39, 0.29) is 29.5 Å². The van der Waals surface area contributed by atoms with Gasteiger partial charge in [0.25, 0.3) is 0 Å². The number of piperidine rings is 1. The van der Waals surface area contributed by atoms with Crippen molar-refractivity contribution in [3.8, 4) is 11.3 Å². The maximum absolute atomic E-state index is 14.0. The van der Waals surface area contributed by atoms with Crippen molar-refractivity contribution in [1.82, 2.24) is 30.3 Å². The molecule has 1 aliphatic heterocycles. The number of aryl methyl sites for hydroxylation is 2. The second-order valence-electron chi connectivity index (χ2n) is 9.83. The molecule has 0 spiro atoms. The van der Waals surface area contributed by atoms with Gasteiger partial charge in [-0.05, 0) is 26.3 Å². The topological polar surface area (TPSA) is 109 Å². The summed E-state index contributed by atoms with van der Waals surface area (Å²) < 4.78 is 47.3. The van der Waals surface area contributed by atoms with Crippen LogP contribution in [0, 0.1) is 19.8 Å². The zero-order valence-corrected chi connectivity index (χ0v) is 21.5. The van der Waals surface area contributed by atoms with Crippen molar-refractivity contribution >= 4 is 17.4 Å². The van der Waals surface area contributed by atoms with E-state index >= 15 is 0 Å². The van der Waals surface area contributed by atoms with E-state index in [0.29, 0.717) is 59.9 Å². The first-order valence-electron chi connectivity index (χ1n) is 12.3. The number of carbonyl (C=O) groups excluding carboxylic acids is 1. The van der Waals surface area contributed by atoms with Crippen molar-refractivity contribution < 1.29 is 22.5 Å². The molecule has 0 aromatic carbocycles. The van der Waals surface area contributed by atoms with Crippen molar-refractivity contribution in [1.29, 1.82) is 0 Å². The van der Waals surface area contributed by atoms with Crippen LogP contribution in [0.15, 0.2) is 28.9 Å². The zero-order chi connectivity index (χ0) is 27.2. The molecule has 1 saturated heterocycles. The molecule has 200 valence electrons. The fourth-order valence-corrected chi connectivity index (χ4v) is 5.07. The highest BCUT2D eigenvalue weighted by molar-refractivity contribution is 5.85. The average molecular weight is 528 g/mol. The van der Waals surface area contributed by atoms with Crippen molar-refractivity contribution in [2.45, 2.75) is 38.9 Å². The van der Waals surface area contributed by atoms with E-state index in [2.05, 4.69) is 25.8 Å². The molecule has 12 heteroatoms. The van der Waals surface area contributed by atoms with Gasteiger partial charge in [0.15, 0.2) is 0 Å². The molecule has 38 heavy (non-hydrogen) atoms. The Balaban J connectivity index is 1.45. The van der Waals surface area contributed by atoms with Gasteiger partial charge in [0.2, 0.25) is 11.9 Å². The highest BCUT2D eigenvalue weighted by Gasteiger charge is 2.38. The Bertz CT molecular complexity index is 1390. The van der Waals surface area contributed by atoms with Crippen LogP contribution in [0.5, 0.6) is 0 Å². The normalized spacial score (nSPS) is 19.2. The summed E-state index contributed by atoms with van der Waals surface area (Å²) in [6.45, 7) is 4.69. The molecule has 2 N–H and O–H groups in total. The van der Waals surface area contributed by atoms with Gasteiger partial charge in [0, 0.05) is 57.0 Å². The van der Waals surface area contributed by atoms with Crippen molar-refractivity contribution in [2.75, 3.05) is 32.5 Å². The highest BCUT2D eigenvalue weighted by Crippen LogP contribution is 2.40. The number of nitrogens with one attached hydrogen (secondary N) is 2. The molecule has 4 heterocycles. The van der Waals surface area contributed by atoms with E-state index in [1.165, 1.54) is 4.90 Å². The van der Waals surface area contributed by atoms with Gasteiger partial charge >= 0.3 is 6.18 Å². The first-order chi connectivity index (χ1) is 18.0. The predicted molar refractivity (Wildman–Crippen MR) is 134 cm³/mol. The Kier molecular flexibility index (Phi) is 6.68. The molecule has 5 rings (SSSR count). The first-order valence-corrected chi connectivity index (χ1v) is 12.3. The van der Waals surface area contributed by atoms with E-state index in [9.17, 15) is 18.0 Å². The Hall–Kier alpha value is -3.80. The summed E-state index contributed by atoms with van der Waals surface area (Å²) in [4.78, 5) is 27.0. The molecular weight excluding hydrogens is 499 g/mol. The number of anilines is 1. The number of hydrogen-bond acceptors (Lipinski definition) is 8. The quantitative estimate of drug-likeness (QED) is 0.518. The minimum absolute atomic E-state index is 0.00537. The average Bonchev–Trinajstić information content (AvgIpc) is 3.44. The Labute approximate surface area is 217 Å². The SMILES string of the molecule is Cc1noc(C)c1-c1ccc2c(n1)CC=C2c1nc(N[C@@H]2CNC[C@H](C(=O)N(C)C)C2)ncc1C(F)(F)F. The maximum Gasteiger partial charge on any atom is 0.419 e. The van der Waals surface area contributed by atoms with E-state index < -0.39 is 11.7 Å². The predicted octanol–water partition coefficient (Wildman–Crippen LogP) is 3.63. The Morgan fingerprint density at radius 1 is 1.18 bits per heavy atom. The molecule has 1 amide bonds. The zero-order valence-electron chi connectivity index (χ0n) is 21.5. The van der Waals surface area contributed by atoms with Gasteiger partial charge in [-0.3, -0.25) is 9.78 Å². The van der Waals surface area contributed by atoms with E-state index in [1.54, 1.807) is 39.2 Å². The fourth-order valence-electron chi connectivity index (χ4n) is 5.07. The van der Waals surface area contributed by atoms with Crippen LogP contribution in [0.1, 0.15) is 40.4 Å². The fraction of sp³-hybridized carbons (Fsp3) is 0.423. The number of amides is 1. The molecule has 9 nitrogen and oxygen atoms in total. The second-order valence-corrected chi connectivity index (χ2v) is 9.83. The summed E-state index contributed by atoms with van der Waals surface area (Å²) >= 11 is 0. The molecule has 3 aromatic heterocycles. The molecular formula is C26H28F3N7O2. The van der Waals surface area contributed by atoms with Crippen LogP contribution in [-0.2, 0) is 17.4 Å². The summed E-state index contributed by atoms with van der Waals surface area (Å²) in [5.74, 6) is 0.452. The Morgan fingerprint density at radius 3 is 2.66 bits per heavy atom. The van der Waals surface area contributed by atoms with Crippen LogP contribution in [0.2, 0.25) is 0 Å². The van der Waals surface area contributed by atoms with Crippen LogP contribution < -0.4 is 10.6 Å². The lowest BCUT2D eigenvalue weighted by molar-refractivity contribution is -0.138. The third-order valence-corrected chi connectivity index (χ3v) is 6.88. The number of hydrogen-bond donors (Lipinski definition) is 2. The van der Waals surface area contributed by atoms with Gasteiger partial charge in [-0.25, -0.2) is 9.97 Å².